The molecule has 6 nitrogen and oxygen atoms in total. The molecule has 0 spiro atoms. The summed E-state index contributed by atoms with van der Waals surface area (Å²) in [6, 6.07) is 0. The molecule has 6 heteroatoms. The number of hydrogen-bond donors (Lipinski definition) is 1. The van der Waals surface area contributed by atoms with Crippen LogP contribution in [0, 0.1) is 16.7 Å². The number of piperazine rings is 1. The zero-order valence-corrected chi connectivity index (χ0v) is 16.9. The van der Waals surface area contributed by atoms with Crippen LogP contribution >= 0.6 is 0 Å². The van der Waals surface area contributed by atoms with Gasteiger partial charge in [-0.1, -0.05) is 20.8 Å². The van der Waals surface area contributed by atoms with Crippen molar-refractivity contribution in [3.63, 3.8) is 0 Å². The van der Waals surface area contributed by atoms with Gasteiger partial charge in [0.25, 0.3) is 0 Å². The number of ether oxygens (including phenoxy) is 2. The molecular formula is C20H36N2O4. The molecule has 2 saturated carbocycles. The second kappa shape index (κ2) is 7.64. The van der Waals surface area contributed by atoms with Crippen molar-refractivity contribution >= 4 is 6.09 Å². The monoisotopic (exact) mass is 368 g/mol. The number of amides is 1. The molecule has 0 unspecified atom stereocenters. The number of fused-ring (bicyclic) bond motifs is 2. The Labute approximate surface area is 157 Å². The molecule has 1 heterocycles. The van der Waals surface area contributed by atoms with Crippen LogP contribution in [0.5, 0.6) is 0 Å². The SMILES string of the molecule is CCOC(=O)N1CCN(C[C@H](O)CO[C@H]2C[C@@H]3CC[C@]2(C)C3(C)C)CC1. The van der Waals surface area contributed by atoms with Gasteiger partial charge < -0.3 is 19.5 Å². The van der Waals surface area contributed by atoms with Gasteiger partial charge in [-0.2, -0.15) is 0 Å². The fourth-order valence-corrected chi connectivity index (χ4v) is 5.29. The molecule has 0 aromatic rings. The first-order chi connectivity index (χ1) is 12.3. The molecule has 4 atom stereocenters. The fraction of sp³-hybridized carbons (Fsp3) is 0.950. The summed E-state index contributed by atoms with van der Waals surface area (Å²) >= 11 is 0. The van der Waals surface area contributed by atoms with Gasteiger partial charge in [0.15, 0.2) is 0 Å². The highest BCUT2D eigenvalue weighted by molar-refractivity contribution is 5.67. The van der Waals surface area contributed by atoms with Crippen molar-refractivity contribution in [2.24, 2.45) is 16.7 Å². The minimum atomic E-state index is -0.477. The van der Waals surface area contributed by atoms with Gasteiger partial charge in [-0.05, 0) is 42.9 Å². The van der Waals surface area contributed by atoms with Crippen LogP contribution in [0.15, 0.2) is 0 Å². The third-order valence-electron chi connectivity index (χ3n) is 7.57. The summed E-state index contributed by atoms with van der Waals surface area (Å²) in [5, 5.41) is 10.4. The minimum absolute atomic E-state index is 0.233. The number of rotatable bonds is 6. The second-order valence-corrected chi connectivity index (χ2v) is 9.07. The number of aliphatic hydroxyl groups is 1. The van der Waals surface area contributed by atoms with Crippen molar-refractivity contribution in [1.29, 1.82) is 0 Å². The van der Waals surface area contributed by atoms with Crippen molar-refractivity contribution in [2.45, 2.75) is 59.2 Å². The lowest BCUT2D eigenvalue weighted by atomic mass is 9.70. The van der Waals surface area contributed by atoms with Gasteiger partial charge in [0.05, 0.1) is 25.4 Å². The van der Waals surface area contributed by atoms with Crippen molar-refractivity contribution in [3.8, 4) is 0 Å². The van der Waals surface area contributed by atoms with E-state index in [1.807, 2.05) is 6.92 Å². The molecule has 0 aromatic carbocycles. The molecule has 3 rings (SSSR count). The average molecular weight is 369 g/mol. The fourth-order valence-electron chi connectivity index (χ4n) is 5.29. The smallest absolute Gasteiger partial charge is 0.409 e. The Kier molecular flexibility index (Phi) is 5.85. The number of hydrogen-bond acceptors (Lipinski definition) is 5. The van der Waals surface area contributed by atoms with Crippen LogP contribution in [0.25, 0.3) is 0 Å². The lowest BCUT2D eigenvalue weighted by Crippen LogP contribution is -2.51. The Morgan fingerprint density at radius 1 is 1.23 bits per heavy atom. The zero-order chi connectivity index (χ0) is 18.9. The largest absolute Gasteiger partial charge is 0.450 e. The van der Waals surface area contributed by atoms with E-state index in [1.54, 1.807) is 4.90 Å². The Morgan fingerprint density at radius 2 is 1.92 bits per heavy atom. The van der Waals surface area contributed by atoms with Crippen molar-refractivity contribution in [3.05, 3.63) is 0 Å². The molecule has 2 bridgehead atoms. The average Bonchev–Trinajstić information content (AvgIpc) is 2.94. The van der Waals surface area contributed by atoms with E-state index < -0.39 is 6.10 Å². The molecule has 0 aromatic heterocycles. The van der Waals surface area contributed by atoms with E-state index in [-0.39, 0.29) is 17.6 Å². The van der Waals surface area contributed by atoms with E-state index >= 15 is 0 Å². The highest BCUT2D eigenvalue weighted by Gasteiger charge is 2.61. The van der Waals surface area contributed by atoms with E-state index in [1.165, 1.54) is 12.8 Å². The molecule has 26 heavy (non-hydrogen) atoms. The maximum absolute atomic E-state index is 11.7. The molecular weight excluding hydrogens is 332 g/mol. The maximum Gasteiger partial charge on any atom is 0.409 e. The van der Waals surface area contributed by atoms with Crippen molar-refractivity contribution in [1.82, 2.24) is 9.80 Å². The summed E-state index contributed by atoms with van der Waals surface area (Å²) in [6.07, 6.45) is 3.25. The highest BCUT2D eigenvalue weighted by Crippen LogP contribution is 2.66. The van der Waals surface area contributed by atoms with E-state index in [9.17, 15) is 9.90 Å². The van der Waals surface area contributed by atoms with Gasteiger partial charge in [-0.25, -0.2) is 4.79 Å². The molecule has 1 saturated heterocycles. The zero-order valence-electron chi connectivity index (χ0n) is 16.9. The first kappa shape index (κ1) is 19.9. The first-order valence-corrected chi connectivity index (χ1v) is 10.2. The van der Waals surface area contributed by atoms with Gasteiger partial charge in [0.1, 0.15) is 0 Å². The molecule has 2 aliphatic carbocycles. The van der Waals surface area contributed by atoms with Crippen LogP contribution < -0.4 is 0 Å². The van der Waals surface area contributed by atoms with E-state index in [4.69, 9.17) is 9.47 Å². The Bertz CT molecular complexity index is 504. The van der Waals surface area contributed by atoms with Crippen LogP contribution in [0.4, 0.5) is 4.79 Å². The van der Waals surface area contributed by atoms with Crippen molar-refractivity contribution < 1.29 is 19.4 Å². The van der Waals surface area contributed by atoms with E-state index in [2.05, 4.69) is 25.7 Å². The molecule has 3 aliphatic rings. The van der Waals surface area contributed by atoms with Gasteiger partial charge in [0, 0.05) is 32.7 Å². The maximum atomic E-state index is 11.7. The quantitative estimate of drug-likeness (QED) is 0.780. The number of carbonyl (C=O) groups is 1. The first-order valence-electron chi connectivity index (χ1n) is 10.2. The summed E-state index contributed by atoms with van der Waals surface area (Å²) in [6.45, 7) is 13.2. The minimum Gasteiger partial charge on any atom is -0.450 e. The number of aliphatic hydroxyl groups excluding tert-OH is 1. The van der Waals surface area contributed by atoms with Crippen LogP contribution in [0.2, 0.25) is 0 Å². The van der Waals surface area contributed by atoms with Crippen molar-refractivity contribution in [2.75, 3.05) is 45.9 Å². The Balaban J connectivity index is 1.39. The second-order valence-electron chi connectivity index (χ2n) is 9.07. The predicted molar refractivity (Wildman–Crippen MR) is 100 cm³/mol. The van der Waals surface area contributed by atoms with E-state index in [0.717, 1.165) is 25.4 Å². The normalized spacial score (nSPS) is 34.9. The van der Waals surface area contributed by atoms with Crippen LogP contribution in [0.3, 0.4) is 0 Å². The Hall–Kier alpha value is -0.850. The Morgan fingerprint density at radius 3 is 2.46 bits per heavy atom. The predicted octanol–water partition coefficient (Wildman–Crippen LogP) is 2.35. The number of β-amino-alcohol motifs (C(OH)–C–C–N with tert-alkyl or cyclic N) is 1. The number of nitrogens with zero attached hydrogens (tertiary/aromatic N) is 2. The standard InChI is InChI=1S/C20H36N2O4/c1-5-25-18(24)22-10-8-21(9-11-22)13-16(23)14-26-17-12-15-6-7-20(17,4)19(15,2)3/h15-17,23H,5-14H2,1-4H3/t15-,16-,17-,20-/m0/s1. The summed E-state index contributed by atoms with van der Waals surface area (Å²) in [5.74, 6) is 0.755. The summed E-state index contributed by atoms with van der Waals surface area (Å²) in [7, 11) is 0. The van der Waals surface area contributed by atoms with E-state index in [0.29, 0.717) is 38.3 Å². The molecule has 150 valence electrons. The summed E-state index contributed by atoms with van der Waals surface area (Å²) < 4.78 is 11.3. The van der Waals surface area contributed by atoms with Crippen LogP contribution in [-0.2, 0) is 9.47 Å². The molecule has 0 radical (unpaired) electrons. The van der Waals surface area contributed by atoms with Gasteiger partial charge in [0.2, 0.25) is 0 Å². The third kappa shape index (κ3) is 3.60. The highest BCUT2D eigenvalue weighted by atomic mass is 16.6. The lowest BCUT2D eigenvalue weighted by Gasteiger charge is -2.39. The third-order valence-corrected chi connectivity index (χ3v) is 7.57. The summed E-state index contributed by atoms with van der Waals surface area (Å²) in [5.41, 5.74) is 0.578. The van der Waals surface area contributed by atoms with Crippen LogP contribution in [0.1, 0.15) is 47.0 Å². The topological polar surface area (TPSA) is 62.2 Å². The van der Waals surface area contributed by atoms with Crippen LogP contribution in [-0.4, -0.2) is 79.1 Å². The van der Waals surface area contributed by atoms with Gasteiger partial charge in [-0.3, -0.25) is 4.90 Å². The molecule has 1 N–H and O–H groups in total. The van der Waals surface area contributed by atoms with Gasteiger partial charge in [-0.15, -0.1) is 0 Å². The molecule has 3 fully saturated rings. The molecule has 1 aliphatic heterocycles. The lowest BCUT2D eigenvalue weighted by molar-refractivity contribution is -0.0805. The molecule has 1 amide bonds. The summed E-state index contributed by atoms with van der Waals surface area (Å²) in [4.78, 5) is 15.7. The van der Waals surface area contributed by atoms with Gasteiger partial charge >= 0.3 is 6.09 Å². The number of carbonyl (C=O) groups excluding carboxylic acids is 1.